The molecule has 1 unspecified atom stereocenters. The van der Waals surface area contributed by atoms with E-state index in [0.29, 0.717) is 37.6 Å². The number of aliphatic hydroxyl groups is 1. The third-order valence-corrected chi connectivity index (χ3v) is 6.82. The van der Waals surface area contributed by atoms with Gasteiger partial charge >= 0.3 is 0 Å². The molecule has 0 aromatic heterocycles. The highest BCUT2D eigenvalue weighted by atomic mass is 16.5. The maximum Gasteiger partial charge on any atom is 0.295 e. The number of unbranched alkanes of at least 4 members (excludes halogenated alkanes) is 1. The van der Waals surface area contributed by atoms with Crippen molar-refractivity contribution in [3.8, 4) is 11.5 Å². The second-order valence-electron chi connectivity index (χ2n) is 9.20. The molecular formula is C30H40N2O5. The highest BCUT2D eigenvalue weighted by Gasteiger charge is 2.46. The number of ketones is 1. The summed E-state index contributed by atoms with van der Waals surface area (Å²) in [4.78, 5) is 30.4. The summed E-state index contributed by atoms with van der Waals surface area (Å²) in [5, 5.41) is 11.4. The first-order valence-electron chi connectivity index (χ1n) is 13.3. The molecule has 1 N–H and O–H groups in total. The summed E-state index contributed by atoms with van der Waals surface area (Å²) >= 11 is 0. The molecule has 2 aromatic carbocycles. The Morgan fingerprint density at radius 1 is 0.973 bits per heavy atom. The number of ether oxygens (including phenoxy) is 2. The molecule has 1 aliphatic rings. The molecule has 1 amide bonds. The fourth-order valence-electron chi connectivity index (χ4n) is 4.63. The minimum atomic E-state index is -0.689. The van der Waals surface area contributed by atoms with Crippen molar-refractivity contribution in [1.82, 2.24) is 9.80 Å². The molecule has 2 aromatic rings. The number of amides is 1. The van der Waals surface area contributed by atoms with Crippen molar-refractivity contribution >= 4 is 17.4 Å². The first-order valence-corrected chi connectivity index (χ1v) is 13.3. The second-order valence-corrected chi connectivity index (χ2v) is 9.20. The zero-order valence-corrected chi connectivity index (χ0v) is 22.8. The van der Waals surface area contributed by atoms with E-state index in [4.69, 9.17) is 9.47 Å². The van der Waals surface area contributed by atoms with Crippen LogP contribution in [0.25, 0.3) is 5.76 Å². The van der Waals surface area contributed by atoms with Crippen LogP contribution in [0.2, 0.25) is 0 Å². The van der Waals surface area contributed by atoms with Gasteiger partial charge in [-0.15, -0.1) is 0 Å². The number of carbonyl (C=O) groups is 2. The Labute approximate surface area is 220 Å². The largest absolute Gasteiger partial charge is 0.507 e. The van der Waals surface area contributed by atoms with Crippen molar-refractivity contribution in [1.29, 1.82) is 0 Å². The maximum atomic E-state index is 13.3. The molecule has 7 heteroatoms. The number of Topliss-reactive ketones (excluding diaryl/α,β-unsaturated/α-hetero) is 1. The van der Waals surface area contributed by atoms with Crippen molar-refractivity contribution < 1.29 is 24.2 Å². The van der Waals surface area contributed by atoms with Crippen LogP contribution in [0.3, 0.4) is 0 Å². The van der Waals surface area contributed by atoms with Crippen LogP contribution in [-0.4, -0.2) is 66.0 Å². The van der Waals surface area contributed by atoms with Crippen LogP contribution in [-0.2, 0) is 9.59 Å². The Bertz CT molecular complexity index is 1110. The Kier molecular flexibility index (Phi) is 10.1. The fraction of sp³-hybridized carbons (Fsp3) is 0.467. The first kappa shape index (κ1) is 28.3. The molecule has 1 fully saturated rings. The van der Waals surface area contributed by atoms with Gasteiger partial charge in [0, 0.05) is 18.7 Å². The molecule has 1 saturated heterocycles. The van der Waals surface area contributed by atoms with Crippen LogP contribution < -0.4 is 9.47 Å². The first-order chi connectivity index (χ1) is 17.9. The smallest absolute Gasteiger partial charge is 0.295 e. The molecule has 1 heterocycles. The molecule has 1 atom stereocenters. The lowest BCUT2D eigenvalue weighted by Gasteiger charge is -2.28. The molecular weight excluding hydrogens is 468 g/mol. The van der Waals surface area contributed by atoms with Gasteiger partial charge < -0.3 is 24.4 Å². The van der Waals surface area contributed by atoms with E-state index in [-0.39, 0.29) is 11.3 Å². The van der Waals surface area contributed by atoms with Crippen molar-refractivity contribution in [2.75, 3.05) is 39.4 Å². The van der Waals surface area contributed by atoms with Crippen LogP contribution in [0.5, 0.6) is 11.5 Å². The minimum Gasteiger partial charge on any atom is -0.507 e. The van der Waals surface area contributed by atoms with Gasteiger partial charge in [-0.1, -0.05) is 39.3 Å². The molecule has 7 nitrogen and oxygen atoms in total. The summed E-state index contributed by atoms with van der Waals surface area (Å²) in [6, 6.07) is 12.1. The van der Waals surface area contributed by atoms with E-state index in [9.17, 15) is 14.7 Å². The maximum absolute atomic E-state index is 13.3. The monoisotopic (exact) mass is 508 g/mol. The summed E-state index contributed by atoms with van der Waals surface area (Å²) in [6.07, 6.45) is 2.01. The van der Waals surface area contributed by atoms with Gasteiger partial charge in [-0.05, 0) is 74.8 Å². The zero-order chi connectivity index (χ0) is 26.9. The molecule has 1 aliphatic heterocycles. The molecule has 3 rings (SSSR count). The number of rotatable bonds is 13. The lowest BCUT2D eigenvalue weighted by molar-refractivity contribution is -0.140. The molecule has 0 spiro atoms. The Morgan fingerprint density at radius 3 is 2.24 bits per heavy atom. The highest BCUT2D eigenvalue weighted by Crippen LogP contribution is 2.40. The fourth-order valence-corrected chi connectivity index (χ4v) is 4.63. The number of nitrogens with zero attached hydrogens (tertiary/aromatic N) is 2. The molecule has 200 valence electrons. The number of hydrogen-bond donors (Lipinski definition) is 1. The normalized spacial score (nSPS) is 17.0. The van der Waals surface area contributed by atoms with Gasteiger partial charge in [0.15, 0.2) is 0 Å². The van der Waals surface area contributed by atoms with Gasteiger partial charge in [0.2, 0.25) is 0 Å². The number of aliphatic hydroxyl groups excluding tert-OH is 1. The van der Waals surface area contributed by atoms with Crippen molar-refractivity contribution in [2.24, 2.45) is 0 Å². The van der Waals surface area contributed by atoms with Gasteiger partial charge in [0.05, 0.1) is 24.8 Å². The van der Waals surface area contributed by atoms with Gasteiger partial charge in [-0.2, -0.15) is 0 Å². The Balaban J connectivity index is 2.05. The van der Waals surface area contributed by atoms with Crippen molar-refractivity contribution in [2.45, 2.75) is 53.5 Å². The number of hydrogen-bond acceptors (Lipinski definition) is 6. The molecule has 0 radical (unpaired) electrons. The van der Waals surface area contributed by atoms with Crippen LogP contribution >= 0.6 is 0 Å². The van der Waals surface area contributed by atoms with E-state index >= 15 is 0 Å². The van der Waals surface area contributed by atoms with Gasteiger partial charge in [0.1, 0.15) is 17.3 Å². The van der Waals surface area contributed by atoms with E-state index in [0.717, 1.165) is 42.8 Å². The Hall–Kier alpha value is -3.32. The van der Waals surface area contributed by atoms with E-state index < -0.39 is 17.7 Å². The summed E-state index contributed by atoms with van der Waals surface area (Å²) < 4.78 is 11.4. The van der Waals surface area contributed by atoms with Gasteiger partial charge in [0.25, 0.3) is 11.7 Å². The number of carbonyl (C=O) groups excluding carboxylic acids is 2. The quantitative estimate of drug-likeness (QED) is 0.170. The number of benzene rings is 2. The lowest BCUT2D eigenvalue weighted by Crippen LogP contribution is -2.38. The van der Waals surface area contributed by atoms with Crippen molar-refractivity contribution in [3.63, 3.8) is 0 Å². The van der Waals surface area contributed by atoms with E-state index in [1.807, 2.05) is 44.2 Å². The summed E-state index contributed by atoms with van der Waals surface area (Å²) in [6.45, 7) is 13.9. The third kappa shape index (κ3) is 6.52. The van der Waals surface area contributed by atoms with Crippen LogP contribution in [0.15, 0.2) is 48.0 Å². The van der Waals surface area contributed by atoms with Crippen LogP contribution in [0.4, 0.5) is 0 Å². The van der Waals surface area contributed by atoms with Gasteiger partial charge in [-0.3, -0.25) is 9.59 Å². The summed E-state index contributed by atoms with van der Waals surface area (Å²) in [5.74, 6) is -0.00670. The Morgan fingerprint density at radius 2 is 1.65 bits per heavy atom. The highest BCUT2D eigenvalue weighted by molar-refractivity contribution is 6.46. The summed E-state index contributed by atoms with van der Waals surface area (Å²) in [5.41, 5.74) is 2.13. The minimum absolute atomic E-state index is 0.108. The molecule has 0 bridgehead atoms. The van der Waals surface area contributed by atoms with Crippen LogP contribution in [0, 0.1) is 6.92 Å². The van der Waals surface area contributed by atoms with E-state index in [2.05, 4.69) is 25.7 Å². The number of aryl methyl sites for hydroxylation is 1. The zero-order valence-electron chi connectivity index (χ0n) is 22.8. The number of likely N-dealkylation sites (tertiary alicyclic amines) is 1. The standard InChI is InChI=1S/C30H40N2O5/c1-6-10-19-37-23-13-11-22(12-14-23)27-26(28(33)25-16-15-24(36-9-4)20-21(25)5)29(34)30(35)32(27)18-17-31(7-2)8-3/h11-16,20,27,33H,6-10,17-19H2,1-5H3. The topological polar surface area (TPSA) is 79.3 Å². The van der Waals surface area contributed by atoms with E-state index in [1.54, 1.807) is 17.0 Å². The third-order valence-electron chi connectivity index (χ3n) is 6.82. The van der Waals surface area contributed by atoms with Crippen LogP contribution in [0.1, 0.15) is 63.3 Å². The second kappa shape index (κ2) is 13.3. The average Bonchev–Trinajstić information content (AvgIpc) is 3.15. The van der Waals surface area contributed by atoms with Gasteiger partial charge in [-0.25, -0.2) is 0 Å². The number of likely N-dealkylation sites (N-methyl/N-ethyl adjacent to an activating group) is 1. The predicted octanol–water partition coefficient (Wildman–Crippen LogP) is 5.34. The molecule has 0 saturated carbocycles. The predicted molar refractivity (Wildman–Crippen MR) is 146 cm³/mol. The average molecular weight is 509 g/mol. The van der Waals surface area contributed by atoms with Crippen molar-refractivity contribution in [3.05, 3.63) is 64.7 Å². The van der Waals surface area contributed by atoms with E-state index in [1.165, 1.54) is 0 Å². The lowest BCUT2D eigenvalue weighted by atomic mass is 9.94. The SMILES string of the molecule is CCCCOc1ccc(C2C(=C(O)c3ccc(OCC)cc3C)C(=O)C(=O)N2CCN(CC)CC)cc1. The molecule has 37 heavy (non-hydrogen) atoms. The summed E-state index contributed by atoms with van der Waals surface area (Å²) in [7, 11) is 0. The molecule has 0 aliphatic carbocycles.